The highest BCUT2D eigenvalue weighted by Gasteiger charge is 2.32. The monoisotopic (exact) mass is 232 g/mol. The maximum Gasteiger partial charge on any atom is 0.164 e. The first-order valence-electron chi connectivity index (χ1n) is 5.85. The van der Waals surface area contributed by atoms with Crippen LogP contribution in [0.25, 0.3) is 11.2 Å². The Hall–Kier alpha value is -1.49. The predicted octanol–water partition coefficient (Wildman–Crippen LogP) is 1.71. The van der Waals surface area contributed by atoms with E-state index < -0.39 is 0 Å². The lowest BCUT2D eigenvalue weighted by Crippen LogP contribution is -2.33. The van der Waals surface area contributed by atoms with Crippen LogP contribution in [0.3, 0.4) is 0 Å². The summed E-state index contributed by atoms with van der Waals surface area (Å²) in [4.78, 5) is 13.5. The first kappa shape index (κ1) is 10.7. The number of imidazole rings is 1. The molecular weight excluding hydrogens is 216 g/mol. The molecule has 2 aromatic rings. The van der Waals surface area contributed by atoms with Gasteiger partial charge in [-0.25, -0.2) is 15.0 Å². The molecule has 3 heterocycles. The molecule has 0 spiro atoms. The van der Waals surface area contributed by atoms with E-state index in [-0.39, 0.29) is 5.60 Å². The highest BCUT2D eigenvalue weighted by molar-refractivity contribution is 5.74. The Morgan fingerprint density at radius 1 is 1.18 bits per heavy atom. The second kappa shape index (κ2) is 3.26. The molecule has 3 rings (SSSR count). The van der Waals surface area contributed by atoms with Crippen LogP contribution < -0.4 is 0 Å². The van der Waals surface area contributed by atoms with E-state index in [1.54, 1.807) is 0 Å². The third-order valence-corrected chi connectivity index (χ3v) is 3.20. The van der Waals surface area contributed by atoms with Crippen LogP contribution in [0.15, 0.2) is 0 Å². The lowest BCUT2D eigenvalue weighted by atomic mass is 10.1. The van der Waals surface area contributed by atoms with Gasteiger partial charge >= 0.3 is 0 Å². The zero-order valence-electron chi connectivity index (χ0n) is 10.6. The minimum Gasteiger partial charge on any atom is -0.366 e. The van der Waals surface area contributed by atoms with Crippen molar-refractivity contribution in [2.75, 3.05) is 6.61 Å². The van der Waals surface area contributed by atoms with Crippen molar-refractivity contribution >= 4 is 11.2 Å². The van der Waals surface area contributed by atoms with E-state index in [1.165, 1.54) is 0 Å². The number of rotatable bonds is 0. The topological polar surface area (TPSA) is 52.8 Å². The summed E-state index contributed by atoms with van der Waals surface area (Å²) in [6.45, 7) is 9.48. The highest BCUT2D eigenvalue weighted by Crippen LogP contribution is 2.31. The normalized spacial score (nSPS) is 18.4. The van der Waals surface area contributed by atoms with Gasteiger partial charge in [-0.15, -0.1) is 0 Å². The molecule has 0 atom stereocenters. The third kappa shape index (κ3) is 1.45. The summed E-state index contributed by atoms with van der Waals surface area (Å²) in [5, 5.41) is 0. The summed E-state index contributed by atoms with van der Waals surface area (Å²) in [5.41, 5.74) is 2.41. The van der Waals surface area contributed by atoms with E-state index in [1.807, 2.05) is 27.7 Å². The Bertz CT molecular complexity index is 600. The van der Waals surface area contributed by atoms with Crippen molar-refractivity contribution in [2.45, 2.75) is 39.8 Å². The maximum atomic E-state index is 5.76. The first-order valence-corrected chi connectivity index (χ1v) is 5.85. The van der Waals surface area contributed by atoms with Gasteiger partial charge in [-0.3, -0.25) is 0 Å². The number of hydrogen-bond donors (Lipinski definition) is 0. The Balaban J connectivity index is 2.38. The van der Waals surface area contributed by atoms with Gasteiger partial charge in [0.05, 0.1) is 12.3 Å². The average molecular weight is 232 g/mol. The molecule has 1 aliphatic heterocycles. The van der Waals surface area contributed by atoms with Crippen molar-refractivity contribution in [1.82, 2.24) is 19.5 Å². The first-order chi connectivity index (χ1) is 7.99. The standard InChI is InChI=1S/C12H16N4O/c1-7-9-10(14-8(2)13-7)16-5-6-17-12(3,4)11(16)15-9/h5-6H2,1-4H3. The molecule has 0 aliphatic carbocycles. The summed E-state index contributed by atoms with van der Waals surface area (Å²) in [7, 11) is 0. The molecule has 0 amide bonds. The molecule has 0 fully saturated rings. The van der Waals surface area contributed by atoms with E-state index in [4.69, 9.17) is 4.74 Å². The van der Waals surface area contributed by atoms with Gasteiger partial charge in [-0.05, 0) is 27.7 Å². The minimum absolute atomic E-state index is 0.348. The van der Waals surface area contributed by atoms with Crippen molar-refractivity contribution in [3.63, 3.8) is 0 Å². The van der Waals surface area contributed by atoms with Gasteiger partial charge in [0.1, 0.15) is 22.8 Å². The zero-order chi connectivity index (χ0) is 12.2. The smallest absolute Gasteiger partial charge is 0.164 e. The van der Waals surface area contributed by atoms with Crippen LogP contribution in [0.4, 0.5) is 0 Å². The van der Waals surface area contributed by atoms with Gasteiger partial charge in [0.25, 0.3) is 0 Å². The van der Waals surface area contributed by atoms with Gasteiger partial charge in [0.15, 0.2) is 5.65 Å². The second-order valence-electron chi connectivity index (χ2n) is 4.97. The summed E-state index contributed by atoms with van der Waals surface area (Å²) in [5.74, 6) is 1.74. The summed E-state index contributed by atoms with van der Waals surface area (Å²) >= 11 is 0. The van der Waals surface area contributed by atoms with Crippen LogP contribution in [-0.2, 0) is 16.9 Å². The molecule has 0 saturated heterocycles. The Morgan fingerprint density at radius 3 is 2.71 bits per heavy atom. The second-order valence-corrected chi connectivity index (χ2v) is 4.97. The van der Waals surface area contributed by atoms with Crippen molar-refractivity contribution in [3.8, 4) is 0 Å². The molecule has 1 aliphatic rings. The fraction of sp³-hybridized carbons (Fsp3) is 0.583. The van der Waals surface area contributed by atoms with Crippen LogP contribution in [0, 0.1) is 13.8 Å². The summed E-state index contributed by atoms with van der Waals surface area (Å²) < 4.78 is 7.91. The van der Waals surface area contributed by atoms with Crippen molar-refractivity contribution in [3.05, 3.63) is 17.3 Å². The van der Waals surface area contributed by atoms with E-state index in [9.17, 15) is 0 Å². The number of aryl methyl sites for hydroxylation is 2. The van der Waals surface area contributed by atoms with Gasteiger partial charge in [0.2, 0.25) is 0 Å². The number of aromatic nitrogens is 4. The molecule has 90 valence electrons. The van der Waals surface area contributed by atoms with Crippen LogP contribution in [0.2, 0.25) is 0 Å². The van der Waals surface area contributed by atoms with Gasteiger partial charge in [-0.1, -0.05) is 0 Å². The van der Waals surface area contributed by atoms with Crippen LogP contribution in [0.1, 0.15) is 31.2 Å². The number of ether oxygens (including phenoxy) is 1. The SMILES string of the molecule is Cc1nc(C)c2nc3n(c2n1)CCOC3(C)C. The van der Waals surface area contributed by atoms with Gasteiger partial charge in [-0.2, -0.15) is 0 Å². The van der Waals surface area contributed by atoms with Crippen molar-refractivity contribution < 1.29 is 4.74 Å². The molecule has 0 aromatic carbocycles. The van der Waals surface area contributed by atoms with Gasteiger partial charge < -0.3 is 9.30 Å². The quantitative estimate of drug-likeness (QED) is 0.694. The molecule has 2 aromatic heterocycles. The van der Waals surface area contributed by atoms with Crippen LogP contribution >= 0.6 is 0 Å². The van der Waals surface area contributed by atoms with E-state index in [2.05, 4.69) is 19.5 Å². The summed E-state index contributed by atoms with van der Waals surface area (Å²) in [6, 6.07) is 0. The third-order valence-electron chi connectivity index (χ3n) is 3.20. The molecule has 17 heavy (non-hydrogen) atoms. The Kier molecular flexibility index (Phi) is 2.04. The number of nitrogens with zero attached hydrogens (tertiary/aromatic N) is 4. The molecule has 5 heteroatoms. The highest BCUT2D eigenvalue weighted by atomic mass is 16.5. The molecule has 0 N–H and O–H groups in total. The fourth-order valence-electron chi connectivity index (χ4n) is 2.40. The minimum atomic E-state index is -0.348. The van der Waals surface area contributed by atoms with Crippen LogP contribution in [-0.4, -0.2) is 26.1 Å². The Labute approximate surface area is 99.9 Å². The number of fused-ring (bicyclic) bond motifs is 3. The lowest BCUT2D eigenvalue weighted by molar-refractivity contribution is -0.0530. The number of hydrogen-bond acceptors (Lipinski definition) is 4. The molecule has 0 radical (unpaired) electrons. The lowest BCUT2D eigenvalue weighted by Gasteiger charge is -2.30. The maximum absolute atomic E-state index is 5.76. The van der Waals surface area contributed by atoms with E-state index in [0.717, 1.165) is 35.1 Å². The van der Waals surface area contributed by atoms with E-state index in [0.29, 0.717) is 6.61 Å². The van der Waals surface area contributed by atoms with Crippen molar-refractivity contribution in [1.29, 1.82) is 0 Å². The molecule has 0 unspecified atom stereocenters. The average Bonchev–Trinajstić information content (AvgIpc) is 2.58. The van der Waals surface area contributed by atoms with Crippen LogP contribution in [0.5, 0.6) is 0 Å². The molecule has 0 bridgehead atoms. The largest absolute Gasteiger partial charge is 0.366 e. The molecule has 5 nitrogen and oxygen atoms in total. The molecule has 0 saturated carbocycles. The fourth-order valence-corrected chi connectivity index (χ4v) is 2.40. The van der Waals surface area contributed by atoms with E-state index >= 15 is 0 Å². The molecular formula is C12H16N4O. The zero-order valence-corrected chi connectivity index (χ0v) is 10.6. The Morgan fingerprint density at radius 2 is 1.94 bits per heavy atom. The van der Waals surface area contributed by atoms with Gasteiger partial charge in [0, 0.05) is 6.54 Å². The predicted molar refractivity (Wildman–Crippen MR) is 63.8 cm³/mol. The van der Waals surface area contributed by atoms with Crippen molar-refractivity contribution in [2.24, 2.45) is 0 Å². The summed E-state index contributed by atoms with van der Waals surface area (Å²) in [6.07, 6.45) is 0.